The molecule has 0 radical (unpaired) electrons. The van der Waals surface area contributed by atoms with E-state index in [0.717, 1.165) is 10.9 Å². The van der Waals surface area contributed by atoms with Crippen molar-refractivity contribution in [2.75, 3.05) is 18.0 Å². The van der Waals surface area contributed by atoms with Crippen LogP contribution >= 0.6 is 11.6 Å². The molecule has 0 aliphatic carbocycles. The SMILES string of the molecule is CC(C)[Si](C(C)C)(C(C)C)n1cc(Cl)c2ccc(S(=O)(=O)N[C@H]3CCN(c4ccc5c(c4F)CCN(C(=O)OC(C)(C)C)C5)C3=O)cc21. The minimum atomic E-state index is -4.12. The highest BCUT2D eigenvalue weighted by Crippen LogP contribution is 2.46. The Balaban J connectivity index is 1.38. The average molecular weight is 719 g/mol. The lowest BCUT2D eigenvalue weighted by molar-refractivity contribution is -0.118. The number of anilines is 1. The third-order valence-electron chi connectivity index (χ3n) is 9.99. The molecule has 2 aliphatic rings. The van der Waals surface area contributed by atoms with Gasteiger partial charge in [0, 0.05) is 36.7 Å². The van der Waals surface area contributed by atoms with Gasteiger partial charge in [-0.3, -0.25) is 4.79 Å². The van der Waals surface area contributed by atoms with E-state index in [1.165, 1.54) is 21.9 Å². The van der Waals surface area contributed by atoms with Gasteiger partial charge in [-0.25, -0.2) is 17.6 Å². The lowest BCUT2D eigenvalue weighted by Crippen LogP contribution is -2.51. The second kappa shape index (κ2) is 13.1. The van der Waals surface area contributed by atoms with Gasteiger partial charge in [0.2, 0.25) is 15.9 Å². The second-order valence-corrected chi connectivity index (χ2v) is 22.9. The summed E-state index contributed by atoms with van der Waals surface area (Å²) < 4.78 is 53.8. The van der Waals surface area contributed by atoms with Crippen molar-refractivity contribution < 1.29 is 27.1 Å². The second-order valence-electron chi connectivity index (χ2n) is 15.0. The summed E-state index contributed by atoms with van der Waals surface area (Å²) in [7, 11) is -6.38. The predicted octanol–water partition coefficient (Wildman–Crippen LogP) is 7.83. The molecule has 9 nitrogen and oxygen atoms in total. The summed E-state index contributed by atoms with van der Waals surface area (Å²) in [6.07, 6.45) is 1.96. The number of carbonyl (C=O) groups is 2. The number of nitrogens with zero attached hydrogens (tertiary/aromatic N) is 3. The molecule has 1 fully saturated rings. The first-order chi connectivity index (χ1) is 22.3. The quantitative estimate of drug-likeness (QED) is 0.239. The third-order valence-corrected chi connectivity index (χ3v) is 18.5. The van der Waals surface area contributed by atoms with Gasteiger partial charge >= 0.3 is 6.09 Å². The topological polar surface area (TPSA) is 101 Å². The van der Waals surface area contributed by atoms with Crippen LogP contribution in [0, 0.1) is 5.82 Å². The van der Waals surface area contributed by atoms with E-state index in [4.69, 9.17) is 16.3 Å². The maximum Gasteiger partial charge on any atom is 0.410 e. The van der Waals surface area contributed by atoms with Crippen LogP contribution < -0.4 is 9.62 Å². The van der Waals surface area contributed by atoms with Crippen molar-refractivity contribution in [1.82, 2.24) is 13.9 Å². The van der Waals surface area contributed by atoms with Crippen molar-refractivity contribution in [2.24, 2.45) is 0 Å². The van der Waals surface area contributed by atoms with E-state index in [2.05, 4.69) is 50.5 Å². The van der Waals surface area contributed by atoms with E-state index in [1.54, 1.807) is 39.0 Å². The highest BCUT2D eigenvalue weighted by molar-refractivity contribution is 7.89. The molecule has 262 valence electrons. The van der Waals surface area contributed by atoms with Gasteiger partial charge in [-0.15, -0.1) is 0 Å². The van der Waals surface area contributed by atoms with Crippen molar-refractivity contribution in [3.05, 3.63) is 58.5 Å². The van der Waals surface area contributed by atoms with Gasteiger partial charge in [-0.2, -0.15) is 4.72 Å². The maximum atomic E-state index is 15.9. The summed E-state index contributed by atoms with van der Waals surface area (Å²) in [5.74, 6) is -1.04. The summed E-state index contributed by atoms with van der Waals surface area (Å²) >= 11 is 6.73. The molecular weight excluding hydrogens is 671 g/mol. The Kier molecular flexibility index (Phi) is 9.90. The molecular formula is C35H48ClFN4O5SSi. The van der Waals surface area contributed by atoms with Crippen LogP contribution in [-0.2, 0) is 32.5 Å². The maximum absolute atomic E-state index is 15.9. The number of sulfonamides is 1. The first kappa shape index (κ1) is 36.4. The normalized spacial score (nSPS) is 17.7. The molecule has 0 spiro atoms. The summed E-state index contributed by atoms with van der Waals surface area (Å²) in [6, 6.07) is 7.12. The first-order valence-corrected chi connectivity index (χ1v) is 20.8. The molecule has 2 amide bonds. The monoisotopic (exact) mass is 718 g/mol. The molecule has 2 aromatic carbocycles. The van der Waals surface area contributed by atoms with Gasteiger partial charge in [-0.1, -0.05) is 65.3 Å². The number of carbonyl (C=O) groups excluding carboxylic acids is 2. The number of fused-ring (bicyclic) bond motifs is 2. The molecule has 0 saturated carbocycles. The van der Waals surface area contributed by atoms with E-state index in [0.29, 0.717) is 32.8 Å². The molecule has 3 heterocycles. The third kappa shape index (κ3) is 6.41. The minimum Gasteiger partial charge on any atom is -0.444 e. The molecule has 5 rings (SSSR count). The average Bonchev–Trinajstić information content (AvgIpc) is 3.50. The van der Waals surface area contributed by atoms with E-state index in [9.17, 15) is 18.0 Å². The molecule has 0 unspecified atom stereocenters. The summed E-state index contributed by atoms with van der Waals surface area (Å²) in [5, 5.41) is 1.36. The highest BCUT2D eigenvalue weighted by Gasteiger charge is 2.46. The zero-order valence-corrected chi connectivity index (χ0v) is 31.9. The Morgan fingerprint density at radius 1 is 1.04 bits per heavy atom. The van der Waals surface area contributed by atoms with Gasteiger partial charge in [0.15, 0.2) is 14.1 Å². The minimum absolute atomic E-state index is 0.0472. The van der Waals surface area contributed by atoms with Gasteiger partial charge in [-0.05, 0) is 79.6 Å². The lowest BCUT2D eigenvalue weighted by atomic mass is 9.98. The van der Waals surface area contributed by atoms with Crippen LogP contribution in [0.3, 0.4) is 0 Å². The summed E-state index contributed by atoms with van der Waals surface area (Å²) in [6.45, 7) is 19.4. The fraction of sp³-hybridized carbons (Fsp3) is 0.543. The highest BCUT2D eigenvalue weighted by atomic mass is 35.5. The fourth-order valence-corrected chi connectivity index (χ4v) is 16.3. The largest absolute Gasteiger partial charge is 0.444 e. The lowest BCUT2D eigenvalue weighted by Gasteiger charge is -2.44. The van der Waals surface area contributed by atoms with Gasteiger partial charge in [0.1, 0.15) is 11.6 Å². The van der Waals surface area contributed by atoms with Crippen LogP contribution in [0.2, 0.25) is 21.6 Å². The number of halogens is 2. The van der Waals surface area contributed by atoms with Crippen LogP contribution in [0.1, 0.15) is 79.9 Å². The molecule has 3 aromatic rings. The van der Waals surface area contributed by atoms with Gasteiger partial charge in [0.05, 0.1) is 15.6 Å². The van der Waals surface area contributed by atoms with Crippen LogP contribution in [-0.4, -0.2) is 62.5 Å². The van der Waals surface area contributed by atoms with Crippen LogP contribution in [0.15, 0.2) is 41.4 Å². The van der Waals surface area contributed by atoms with Crippen LogP contribution in [0.5, 0.6) is 0 Å². The van der Waals surface area contributed by atoms with Crippen molar-refractivity contribution >= 4 is 58.5 Å². The van der Waals surface area contributed by atoms with Crippen molar-refractivity contribution in [3.63, 3.8) is 0 Å². The van der Waals surface area contributed by atoms with E-state index in [1.807, 2.05) is 6.20 Å². The molecule has 1 atom stereocenters. The summed E-state index contributed by atoms with van der Waals surface area (Å²) in [5.41, 5.74) is 2.41. The molecule has 0 bridgehead atoms. The van der Waals surface area contributed by atoms with E-state index < -0.39 is 47.7 Å². The standard InChI is InChI=1S/C35H48ClFN4O5SSi/c1-21(2)48(22(3)4,23(5)6)41-20-28(36)27-12-11-25(18-31(27)41)47(44,45)38-29-15-17-40(33(29)42)30-13-10-24-19-39(16-14-26(24)32(30)37)34(43)46-35(7,8)9/h10-13,18,20-23,29,38H,14-17,19H2,1-9H3/t29-/m0/s1. The van der Waals surface area contributed by atoms with Crippen molar-refractivity contribution in [1.29, 1.82) is 0 Å². The summed E-state index contributed by atoms with van der Waals surface area (Å²) in [4.78, 5) is 29.1. The fourth-order valence-electron chi connectivity index (χ4n) is 8.06. The molecule has 48 heavy (non-hydrogen) atoms. The molecule has 2 aliphatic heterocycles. The Hall–Kier alpha value is -2.93. The van der Waals surface area contributed by atoms with Crippen molar-refractivity contribution in [2.45, 2.75) is 115 Å². The van der Waals surface area contributed by atoms with Gasteiger partial charge < -0.3 is 18.8 Å². The van der Waals surface area contributed by atoms with Crippen molar-refractivity contribution in [3.8, 4) is 0 Å². The number of aromatic nitrogens is 1. The number of amides is 2. The number of ether oxygens (including phenoxy) is 1. The molecule has 1 saturated heterocycles. The van der Waals surface area contributed by atoms with E-state index >= 15 is 4.39 Å². The Morgan fingerprint density at radius 2 is 1.69 bits per heavy atom. The van der Waals surface area contributed by atoms with E-state index in [-0.39, 0.29) is 43.1 Å². The number of rotatable bonds is 8. The zero-order chi connectivity index (χ0) is 35.5. The predicted molar refractivity (Wildman–Crippen MR) is 191 cm³/mol. The molecule has 1 aromatic heterocycles. The number of hydrogen-bond donors (Lipinski definition) is 1. The molecule has 13 heteroatoms. The number of nitrogens with one attached hydrogen (secondary N) is 1. The zero-order valence-electron chi connectivity index (χ0n) is 29.4. The Morgan fingerprint density at radius 3 is 2.29 bits per heavy atom. The smallest absolute Gasteiger partial charge is 0.410 e. The Bertz CT molecular complexity index is 1830. The number of benzene rings is 2. The first-order valence-electron chi connectivity index (χ1n) is 16.7. The van der Waals surface area contributed by atoms with Crippen LogP contribution in [0.4, 0.5) is 14.9 Å². The van der Waals surface area contributed by atoms with Crippen LogP contribution in [0.25, 0.3) is 10.9 Å². The molecule has 1 N–H and O–H groups in total. The Labute approximate surface area is 289 Å². The number of hydrogen-bond acceptors (Lipinski definition) is 5. The van der Waals surface area contributed by atoms with Gasteiger partial charge in [0.25, 0.3) is 0 Å².